The van der Waals surface area contributed by atoms with E-state index < -0.39 is 0 Å². The number of hydrogen-bond acceptors (Lipinski definition) is 2. The van der Waals surface area contributed by atoms with Crippen molar-refractivity contribution < 1.29 is 4.79 Å². The monoisotopic (exact) mass is 225 g/mol. The number of rotatable bonds is 3. The van der Waals surface area contributed by atoms with Crippen molar-refractivity contribution in [1.29, 1.82) is 0 Å². The molecule has 0 N–H and O–H groups in total. The summed E-state index contributed by atoms with van der Waals surface area (Å²) in [4.78, 5) is 15.0. The fraction of sp³-hybridized carbons (Fsp3) is 0.929. The van der Waals surface area contributed by atoms with Crippen molar-refractivity contribution in [3.63, 3.8) is 0 Å². The molecule has 1 aliphatic heterocycles. The van der Waals surface area contributed by atoms with Crippen molar-refractivity contribution in [2.75, 3.05) is 13.1 Å². The zero-order valence-electron chi connectivity index (χ0n) is 11.6. The SMILES string of the molecule is CCC(C)(C(=O)C(C)(C)C)N1CCCCC1. The van der Waals surface area contributed by atoms with Crippen molar-refractivity contribution >= 4 is 5.78 Å². The molecule has 0 aromatic rings. The summed E-state index contributed by atoms with van der Waals surface area (Å²) in [5, 5.41) is 0. The first-order chi connectivity index (χ1) is 7.32. The first-order valence-corrected chi connectivity index (χ1v) is 6.62. The number of likely N-dealkylation sites (tertiary alicyclic amines) is 1. The molecular weight excluding hydrogens is 198 g/mol. The van der Waals surface area contributed by atoms with Crippen molar-refractivity contribution in [3.05, 3.63) is 0 Å². The molecule has 0 saturated carbocycles. The number of ketones is 1. The molecule has 1 aliphatic rings. The topological polar surface area (TPSA) is 20.3 Å². The standard InChI is InChI=1S/C14H27NO/c1-6-14(5,12(16)13(2,3)4)15-10-8-7-9-11-15/h6-11H2,1-5H3. The van der Waals surface area contributed by atoms with Crippen LogP contribution in [0.4, 0.5) is 0 Å². The number of carbonyl (C=O) groups excluding carboxylic acids is 1. The number of Topliss-reactive ketones (excluding diaryl/α,β-unsaturated/α-hetero) is 1. The van der Waals surface area contributed by atoms with Gasteiger partial charge in [0, 0.05) is 5.41 Å². The van der Waals surface area contributed by atoms with Gasteiger partial charge in [-0.25, -0.2) is 0 Å². The zero-order chi connectivity index (χ0) is 12.4. The van der Waals surface area contributed by atoms with Crippen LogP contribution in [-0.2, 0) is 4.79 Å². The minimum absolute atomic E-state index is 0.234. The van der Waals surface area contributed by atoms with Crippen molar-refractivity contribution in [2.24, 2.45) is 5.41 Å². The highest BCUT2D eigenvalue weighted by molar-refractivity contribution is 5.92. The molecule has 0 bridgehead atoms. The largest absolute Gasteiger partial charge is 0.297 e. The number of hydrogen-bond donors (Lipinski definition) is 0. The van der Waals surface area contributed by atoms with Crippen LogP contribution in [-0.4, -0.2) is 29.3 Å². The maximum absolute atomic E-state index is 12.6. The first kappa shape index (κ1) is 13.7. The van der Waals surface area contributed by atoms with Gasteiger partial charge in [-0.1, -0.05) is 34.1 Å². The van der Waals surface area contributed by atoms with E-state index in [0.717, 1.165) is 19.5 Å². The average molecular weight is 225 g/mol. The predicted octanol–water partition coefficient (Wildman–Crippen LogP) is 3.26. The molecule has 16 heavy (non-hydrogen) atoms. The number of piperidine rings is 1. The molecule has 1 heterocycles. The summed E-state index contributed by atoms with van der Waals surface area (Å²) in [5.41, 5.74) is -0.485. The Balaban J connectivity index is 2.87. The summed E-state index contributed by atoms with van der Waals surface area (Å²) in [7, 11) is 0. The van der Waals surface area contributed by atoms with Crippen molar-refractivity contribution in [1.82, 2.24) is 4.90 Å². The lowest BCUT2D eigenvalue weighted by Gasteiger charge is -2.44. The van der Waals surface area contributed by atoms with Crippen molar-refractivity contribution in [2.45, 2.75) is 65.8 Å². The van der Waals surface area contributed by atoms with Gasteiger partial charge < -0.3 is 0 Å². The van der Waals surface area contributed by atoms with Gasteiger partial charge >= 0.3 is 0 Å². The number of nitrogens with zero attached hydrogens (tertiary/aromatic N) is 1. The molecule has 1 saturated heterocycles. The maximum Gasteiger partial charge on any atom is 0.158 e. The van der Waals surface area contributed by atoms with E-state index in [1.165, 1.54) is 19.3 Å². The van der Waals surface area contributed by atoms with Crippen LogP contribution in [0, 0.1) is 5.41 Å². The third-order valence-corrected chi connectivity index (χ3v) is 3.91. The summed E-state index contributed by atoms with van der Waals surface area (Å²) in [6.07, 6.45) is 4.73. The van der Waals surface area contributed by atoms with E-state index in [-0.39, 0.29) is 11.0 Å². The summed E-state index contributed by atoms with van der Waals surface area (Å²) in [6.45, 7) is 12.6. The molecule has 0 radical (unpaired) electrons. The molecule has 0 aromatic heterocycles. The molecule has 1 rings (SSSR count). The molecule has 1 atom stereocenters. The van der Waals surface area contributed by atoms with Gasteiger partial charge in [-0.2, -0.15) is 0 Å². The van der Waals surface area contributed by atoms with Crippen LogP contribution in [0.5, 0.6) is 0 Å². The summed E-state index contributed by atoms with van der Waals surface area (Å²) in [5.74, 6) is 0.393. The Morgan fingerprint density at radius 2 is 1.56 bits per heavy atom. The maximum atomic E-state index is 12.6. The van der Waals surface area contributed by atoms with Crippen molar-refractivity contribution in [3.8, 4) is 0 Å². The second-order valence-corrected chi connectivity index (χ2v) is 6.25. The van der Waals surface area contributed by atoms with Gasteiger partial charge in [0.25, 0.3) is 0 Å². The van der Waals surface area contributed by atoms with E-state index >= 15 is 0 Å². The normalized spacial score (nSPS) is 22.8. The lowest BCUT2D eigenvalue weighted by Crippen LogP contribution is -2.57. The van der Waals surface area contributed by atoms with Gasteiger partial charge in [0.15, 0.2) is 5.78 Å². The third kappa shape index (κ3) is 2.65. The molecule has 1 fully saturated rings. The highest BCUT2D eigenvalue weighted by atomic mass is 16.1. The van der Waals surface area contributed by atoms with Crippen LogP contribution in [0.25, 0.3) is 0 Å². The van der Waals surface area contributed by atoms with E-state index in [1.807, 2.05) is 20.8 Å². The average Bonchev–Trinajstić information content (AvgIpc) is 2.27. The summed E-state index contributed by atoms with van der Waals surface area (Å²) in [6, 6.07) is 0. The van der Waals surface area contributed by atoms with Crippen LogP contribution in [0.3, 0.4) is 0 Å². The second-order valence-electron chi connectivity index (χ2n) is 6.25. The Hall–Kier alpha value is -0.370. The Morgan fingerprint density at radius 1 is 1.06 bits per heavy atom. The van der Waals surface area contributed by atoms with Crippen LogP contribution in [0.1, 0.15) is 60.3 Å². The molecule has 2 heteroatoms. The minimum atomic E-state index is -0.251. The van der Waals surface area contributed by atoms with E-state index in [2.05, 4.69) is 18.7 Å². The molecule has 0 spiro atoms. The van der Waals surface area contributed by atoms with Gasteiger partial charge in [-0.05, 0) is 39.3 Å². The molecule has 1 unspecified atom stereocenters. The first-order valence-electron chi connectivity index (χ1n) is 6.62. The van der Waals surface area contributed by atoms with Gasteiger partial charge in [-0.3, -0.25) is 9.69 Å². The van der Waals surface area contributed by atoms with Gasteiger partial charge in [0.1, 0.15) is 0 Å². The van der Waals surface area contributed by atoms with Crippen LogP contribution < -0.4 is 0 Å². The lowest BCUT2D eigenvalue weighted by molar-refractivity contribution is -0.139. The molecule has 2 nitrogen and oxygen atoms in total. The Bertz CT molecular complexity index is 248. The van der Waals surface area contributed by atoms with E-state index in [4.69, 9.17) is 0 Å². The molecule has 0 aromatic carbocycles. The van der Waals surface area contributed by atoms with Gasteiger partial charge in [0.05, 0.1) is 5.54 Å². The highest BCUT2D eigenvalue weighted by Crippen LogP contribution is 2.32. The Kier molecular flexibility index (Phi) is 4.17. The molecule has 0 aliphatic carbocycles. The summed E-state index contributed by atoms with van der Waals surface area (Å²) >= 11 is 0. The lowest BCUT2D eigenvalue weighted by atomic mass is 9.76. The van der Waals surface area contributed by atoms with Gasteiger partial charge in [-0.15, -0.1) is 0 Å². The zero-order valence-corrected chi connectivity index (χ0v) is 11.6. The number of carbonyl (C=O) groups is 1. The fourth-order valence-electron chi connectivity index (χ4n) is 2.72. The molecular formula is C14H27NO. The quantitative estimate of drug-likeness (QED) is 0.735. The predicted molar refractivity (Wildman–Crippen MR) is 68.6 cm³/mol. The Labute approximate surface area is 100 Å². The second kappa shape index (κ2) is 4.87. The van der Waals surface area contributed by atoms with E-state index in [9.17, 15) is 4.79 Å². The molecule has 0 amide bonds. The van der Waals surface area contributed by atoms with E-state index in [0.29, 0.717) is 5.78 Å². The van der Waals surface area contributed by atoms with Gasteiger partial charge in [0.2, 0.25) is 0 Å². The fourth-order valence-corrected chi connectivity index (χ4v) is 2.72. The summed E-state index contributed by atoms with van der Waals surface area (Å²) < 4.78 is 0. The van der Waals surface area contributed by atoms with Crippen LogP contribution in [0.2, 0.25) is 0 Å². The Morgan fingerprint density at radius 3 is 1.94 bits per heavy atom. The van der Waals surface area contributed by atoms with Crippen LogP contribution in [0.15, 0.2) is 0 Å². The highest BCUT2D eigenvalue weighted by Gasteiger charge is 2.42. The van der Waals surface area contributed by atoms with E-state index in [1.54, 1.807) is 0 Å². The molecule has 94 valence electrons. The smallest absolute Gasteiger partial charge is 0.158 e. The van der Waals surface area contributed by atoms with Crippen LogP contribution >= 0.6 is 0 Å². The minimum Gasteiger partial charge on any atom is -0.297 e. The third-order valence-electron chi connectivity index (χ3n) is 3.91.